The third-order valence-electron chi connectivity index (χ3n) is 5.77. The van der Waals surface area contributed by atoms with Gasteiger partial charge in [-0.3, -0.25) is 9.78 Å². The van der Waals surface area contributed by atoms with Crippen molar-refractivity contribution in [2.24, 2.45) is 0 Å². The van der Waals surface area contributed by atoms with Crippen molar-refractivity contribution in [1.82, 2.24) is 4.98 Å². The van der Waals surface area contributed by atoms with E-state index in [0.29, 0.717) is 46.5 Å². The monoisotopic (exact) mass is 439 g/mol. The number of pyridine rings is 1. The summed E-state index contributed by atoms with van der Waals surface area (Å²) < 4.78 is 35.2. The predicted molar refractivity (Wildman–Crippen MR) is 115 cm³/mol. The molecule has 0 bridgehead atoms. The SMILES string of the molecule is Cc1cc2c(F)c(Cl)c(F)cc2c(-c2ccc3c4c(ccnc24)CCO3)c1CC(=O)O. The maximum absolute atomic E-state index is 14.9. The van der Waals surface area contributed by atoms with E-state index in [2.05, 4.69) is 4.98 Å². The molecule has 0 radical (unpaired) electrons. The summed E-state index contributed by atoms with van der Waals surface area (Å²) in [5.74, 6) is -2.14. The molecule has 5 rings (SSSR count). The molecule has 1 aliphatic heterocycles. The standard InChI is InChI=1S/C24H16ClF2NO3/c1-11-8-16-15(9-17(26)22(25)23(16)27)21(14(11)10-19(29)30)13-2-3-18-20-12(5-7-31-18)4-6-28-24(13)20/h2-4,6,8-9H,5,7,10H2,1H3,(H,29,30). The lowest BCUT2D eigenvalue weighted by Crippen LogP contribution is -2.10. The fraction of sp³-hybridized carbons (Fsp3) is 0.167. The zero-order chi connectivity index (χ0) is 21.9. The summed E-state index contributed by atoms with van der Waals surface area (Å²) in [6.45, 7) is 2.26. The Morgan fingerprint density at radius 2 is 2.03 bits per heavy atom. The number of carbonyl (C=O) groups is 1. The molecule has 0 saturated heterocycles. The third-order valence-corrected chi connectivity index (χ3v) is 6.12. The molecule has 2 heterocycles. The van der Waals surface area contributed by atoms with Crippen LogP contribution in [0.3, 0.4) is 0 Å². The molecule has 156 valence electrons. The second kappa shape index (κ2) is 7.17. The topological polar surface area (TPSA) is 59.4 Å². The molecule has 0 spiro atoms. The molecular formula is C24H16ClF2NO3. The van der Waals surface area contributed by atoms with Crippen LogP contribution in [-0.4, -0.2) is 22.7 Å². The number of fused-ring (bicyclic) bond motifs is 1. The van der Waals surface area contributed by atoms with Crippen molar-refractivity contribution in [3.05, 3.63) is 69.9 Å². The summed E-state index contributed by atoms with van der Waals surface area (Å²) in [5, 5.41) is 10.2. The van der Waals surface area contributed by atoms with Crippen LogP contribution in [0.2, 0.25) is 5.02 Å². The second-order valence-electron chi connectivity index (χ2n) is 7.60. The first-order chi connectivity index (χ1) is 14.9. The van der Waals surface area contributed by atoms with Crippen molar-refractivity contribution < 1.29 is 23.4 Å². The van der Waals surface area contributed by atoms with E-state index in [4.69, 9.17) is 16.3 Å². The number of aryl methyl sites for hydroxylation is 1. The highest BCUT2D eigenvalue weighted by Crippen LogP contribution is 2.43. The van der Waals surface area contributed by atoms with Gasteiger partial charge in [-0.1, -0.05) is 11.6 Å². The fourth-order valence-electron chi connectivity index (χ4n) is 4.41. The predicted octanol–water partition coefficient (Wildman–Crippen LogP) is 5.86. The molecular weight excluding hydrogens is 424 g/mol. The Balaban J connectivity index is 1.97. The number of nitrogens with zero attached hydrogens (tertiary/aromatic N) is 1. The number of ether oxygens (including phenoxy) is 1. The molecule has 0 atom stereocenters. The number of carboxylic acids is 1. The molecule has 4 nitrogen and oxygen atoms in total. The summed E-state index contributed by atoms with van der Waals surface area (Å²) >= 11 is 5.82. The average molecular weight is 440 g/mol. The Bertz CT molecular complexity index is 1410. The molecule has 0 saturated carbocycles. The number of hydrogen-bond donors (Lipinski definition) is 1. The van der Waals surface area contributed by atoms with Crippen LogP contribution < -0.4 is 4.74 Å². The summed E-state index contributed by atoms with van der Waals surface area (Å²) in [6.07, 6.45) is 2.09. The Morgan fingerprint density at radius 1 is 1.23 bits per heavy atom. The van der Waals surface area contributed by atoms with Crippen LogP contribution >= 0.6 is 11.6 Å². The summed E-state index contributed by atoms with van der Waals surface area (Å²) in [5.41, 5.74) is 3.74. The highest BCUT2D eigenvalue weighted by Gasteiger charge is 2.24. The lowest BCUT2D eigenvalue weighted by molar-refractivity contribution is -0.136. The molecule has 7 heteroatoms. The number of hydrogen-bond acceptors (Lipinski definition) is 3. The van der Waals surface area contributed by atoms with E-state index in [9.17, 15) is 18.7 Å². The van der Waals surface area contributed by atoms with E-state index < -0.39 is 22.6 Å². The highest BCUT2D eigenvalue weighted by molar-refractivity contribution is 6.32. The van der Waals surface area contributed by atoms with Crippen molar-refractivity contribution in [1.29, 1.82) is 0 Å². The minimum Gasteiger partial charge on any atom is -0.493 e. The van der Waals surface area contributed by atoms with E-state index in [1.165, 1.54) is 6.07 Å². The van der Waals surface area contributed by atoms with Gasteiger partial charge in [0.2, 0.25) is 0 Å². The second-order valence-corrected chi connectivity index (χ2v) is 7.98. The fourth-order valence-corrected chi connectivity index (χ4v) is 4.57. The number of halogens is 3. The third kappa shape index (κ3) is 3.01. The molecule has 1 aromatic heterocycles. The van der Waals surface area contributed by atoms with Gasteiger partial charge in [0.1, 0.15) is 16.6 Å². The highest BCUT2D eigenvalue weighted by atomic mass is 35.5. The number of rotatable bonds is 3. The van der Waals surface area contributed by atoms with Crippen LogP contribution in [0.4, 0.5) is 8.78 Å². The van der Waals surface area contributed by atoms with Crippen LogP contribution in [0.5, 0.6) is 5.75 Å². The van der Waals surface area contributed by atoms with Crippen molar-refractivity contribution in [2.45, 2.75) is 19.8 Å². The van der Waals surface area contributed by atoms with Crippen molar-refractivity contribution in [2.75, 3.05) is 6.61 Å². The van der Waals surface area contributed by atoms with Crippen molar-refractivity contribution >= 4 is 39.2 Å². The van der Waals surface area contributed by atoms with E-state index >= 15 is 0 Å². The van der Waals surface area contributed by atoms with E-state index in [-0.39, 0.29) is 17.2 Å². The van der Waals surface area contributed by atoms with Crippen LogP contribution in [0.25, 0.3) is 32.8 Å². The first kappa shape index (κ1) is 19.7. The average Bonchev–Trinajstić information content (AvgIpc) is 2.75. The molecule has 0 fully saturated rings. The van der Waals surface area contributed by atoms with Gasteiger partial charge >= 0.3 is 5.97 Å². The molecule has 0 amide bonds. The van der Waals surface area contributed by atoms with Gasteiger partial charge in [0.25, 0.3) is 0 Å². The Morgan fingerprint density at radius 3 is 2.81 bits per heavy atom. The number of aromatic nitrogens is 1. The van der Waals surface area contributed by atoms with Gasteiger partial charge in [0, 0.05) is 29.0 Å². The summed E-state index contributed by atoms with van der Waals surface area (Å²) in [4.78, 5) is 16.2. The largest absolute Gasteiger partial charge is 0.493 e. The van der Waals surface area contributed by atoms with Crippen LogP contribution in [0.15, 0.2) is 36.5 Å². The van der Waals surface area contributed by atoms with Crippen molar-refractivity contribution in [3.8, 4) is 16.9 Å². The Labute approximate surface area is 181 Å². The van der Waals surface area contributed by atoms with Gasteiger partial charge in [-0.15, -0.1) is 0 Å². The number of aliphatic carboxylic acids is 1. The van der Waals surface area contributed by atoms with Gasteiger partial charge in [-0.25, -0.2) is 8.78 Å². The van der Waals surface area contributed by atoms with Crippen molar-refractivity contribution in [3.63, 3.8) is 0 Å². The van der Waals surface area contributed by atoms with E-state index in [1.807, 2.05) is 6.07 Å². The number of benzene rings is 3. The number of carboxylic acid groups (broad SMARTS) is 1. The van der Waals surface area contributed by atoms with Crippen LogP contribution in [0.1, 0.15) is 16.7 Å². The molecule has 4 aromatic rings. The normalized spacial score (nSPS) is 12.9. The lowest BCUT2D eigenvalue weighted by Gasteiger charge is -2.22. The molecule has 0 unspecified atom stereocenters. The van der Waals surface area contributed by atoms with Gasteiger partial charge in [0.05, 0.1) is 18.5 Å². The Kier molecular flexibility index (Phi) is 4.55. The molecule has 3 aromatic carbocycles. The van der Waals surface area contributed by atoms with Gasteiger partial charge in [-0.05, 0) is 64.9 Å². The zero-order valence-electron chi connectivity index (χ0n) is 16.4. The smallest absolute Gasteiger partial charge is 0.307 e. The molecule has 0 aliphatic carbocycles. The maximum Gasteiger partial charge on any atom is 0.307 e. The minimum absolute atomic E-state index is 0.129. The van der Waals surface area contributed by atoms with Crippen LogP contribution in [0, 0.1) is 18.6 Å². The first-order valence-electron chi connectivity index (χ1n) is 9.72. The minimum atomic E-state index is -1.04. The quantitative estimate of drug-likeness (QED) is 0.406. The van der Waals surface area contributed by atoms with E-state index in [0.717, 1.165) is 17.0 Å². The first-order valence-corrected chi connectivity index (χ1v) is 10.1. The zero-order valence-corrected chi connectivity index (χ0v) is 17.2. The van der Waals surface area contributed by atoms with E-state index in [1.54, 1.807) is 25.3 Å². The van der Waals surface area contributed by atoms with Gasteiger partial charge in [0.15, 0.2) is 5.82 Å². The summed E-state index contributed by atoms with van der Waals surface area (Å²) in [7, 11) is 0. The van der Waals surface area contributed by atoms with Crippen LogP contribution in [-0.2, 0) is 17.6 Å². The maximum atomic E-state index is 14.9. The van der Waals surface area contributed by atoms with Gasteiger partial charge in [-0.2, -0.15) is 0 Å². The lowest BCUT2D eigenvalue weighted by atomic mass is 9.86. The Hall–Kier alpha value is -3.25. The van der Waals surface area contributed by atoms with Gasteiger partial charge < -0.3 is 9.84 Å². The summed E-state index contributed by atoms with van der Waals surface area (Å²) in [6, 6.07) is 8.16. The molecule has 1 aliphatic rings. The molecule has 1 N–H and O–H groups in total. The molecule has 31 heavy (non-hydrogen) atoms.